The highest BCUT2D eigenvalue weighted by molar-refractivity contribution is 6.35. The summed E-state index contributed by atoms with van der Waals surface area (Å²) in [6.45, 7) is 2.33. The number of amides is 1. The van der Waals surface area contributed by atoms with E-state index in [9.17, 15) is 14.9 Å². The van der Waals surface area contributed by atoms with Gasteiger partial charge in [0.25, 0.3) is 11.6 Å². The smallest absolute Gasteiger partial charge is 0.270 e. The number of anilines is 1. The van der Waals surface area contributed by atoms with E-state index >= 15 is 0 Å². The molecule has 2 aromatic carbocycles. The molecule has 0 spiro atoms. The van der Waals surface area contributed by atoms with E-state index in [0.29, 0.717) is 40.1 Å². The van der Waals surface area contributed by atoms with Crippen LogP contribution in [-0.4, -0.2) is 36.2 Å². The predicted molar refractivity (Wildman–Crippen MR) is 104 cm³/mol. The molecular formula is C18H15Cl2N3O4. The molecule has 0 saturated heterocycles. The average Bonchev–Trinajstić information content (AvgIpc) is 2.85. The minimum absolute atomic E-state index is 0.0632. The highest BCUT2D eigenvalue weighted by Gasteiger charge is 2.27. The number of nitro benzene ring substituents is 1. The van der Waals surface area contributed by atoms with Crippen LogP contribution in [0.2, 0.25) is 10.0 Å². The molecule has 0 saturated carbocycles. The Labute approximate surface area is 165 Å². The van der Waals surface area contributed by atoms with Crippen LogP contribution in [0.15, 0.2) is 41.4 Å². The quantitative estimate of drug-likeness (QED) is 0.562. The molecule has 0 fully saturated rings. The summed E-state index contributed by atoms with van der Waals surface area (Å²) in [7, 11) is 0. The van der Waals surface area contributed by atoms with E-state index in [4.69, 9.17) is 27.9 Å². The maximum atomic E-state index is 13.0. The van der Waals surface area contributed by atoms with Crippen molar-refractivity contribution in [2.24, 2.45) is 4.99 Å². The van der Waals surface area contributed by atoms with Crippen LogP contribution in [0.3, 0.4) is 0 Å². The van der Waals surface area contributed by atoms with Crippen LogP contribution in [0.4, 0.5) is 11.4 Å². The van der Waals surface area contributed by atoms with Crippen LogP contribution in [0.1, 0.15) is 12.5 Å². The minimum atomic E-state index is -0.829. The van der Waals surface area contributed by atoms with Gasteiger partial charge in [0.2, 0.25) is 0 Å². The topological polar surface area (TPSA) is 85.0 Å². The Bertz CT molecular complexity index is 933. The molecule has 3 rings (SSSR count). The molecule has 0 radical (unpaired) electrons. The first-order chi connectivity index (χ1) is 12.9. The van der Waals surface area contributed by atoms with Gasteiger partial charge in [0, 0.05) is 35.5 Å². The normalized spacial score (nSPS) is 14.3. The number of benzene rings is 2. The summed E-state index contributed by atoms with van der Waals surface area (Å²) in [4.78, 5) is 29.2. The van der Waals surface area contributed by atoms with Crippen LogP contribution >= 0.6 is 23.2 Å². The predicted octanol–water partition coefficient (Wildman–Crippen LogP) is 4.13. The first-order valence-electron chi connectivity index (χ1n) is 8.08. The SMILES string of the molecule is C[C@H](Oc1ccc(Cl)cc1Cl)C(=O)N1CCN=Cc2cc([N+](=O)[O-])ccc21. The van der Waals surface area contributed by atoms with Crippen molar-refractivity contribution in [3.8, 4) is 5.75 Å². The molecule has 140 valence electrons. The molecular weight excluding hydrogens is 393 g/mol. The first kappa shape index (κ1) is 19.1. The molecule has 0 bridgehead atoms. The molecule has 1 atom stereocenters. The van der Waals surface area contributed by atoms with E-state index in [0.717, 1.165) is 0 Å². The Morgan fingerprint density at radius 2 is 2.07 bits per heavy atom. The van der Waals surface area contributed by atoms with Crippen LogP contribution in [0.25, 0.3) is 0 Å². The third-order valence-corrected chi connectivity index (χ3v) is 4.54. The Kier molecular flexibility index (Phi) is 5.62. The van der Waals surface area contributed by atoms with Crippen molar-refractivity contribution in [2.75, 3.05) is 18.0 Å². The number of benzodiazepines with no additional fused rings is 1. The maximum Gasteiger partial charge on any atom is 0.270 e. The monoisotopic (exact) mass is 407 g/mol. The van der Waals surface area contributed by atoms with Crippen molar-refractivity contribution in [1.82, 2.24) is 0 Å². The molecule has 7 nitrogen and oxygen atoms in total. The fraction of sp³-hybridized carbons (Fsp3) is 0.222. The van der Waals surface area contributed by atoms with E-state index in [1.807, 2.05) is 0 Å². The van der Waals surface area contributed by atoms with Gasteiger partial charge in [-0.05, 0) is 31.2 Å². The van der Waals surface area contributed by atoms with E-state index in [1.165, 1.54) is 29.3 Å². The largest absolute Gasteiger partial charge is 0.479 e. The summed E-state index contributed by atoms with van der Waals surface area (Å²) in [6, 6.07) is 9.05. The third-order valence-electron chi connectivity index (χ3n) is 4.01. The fourth-order valence-electron chi connectivity index (χ4n) is 2.71. The number of nitrogens with zero attached hydrogens (tertiary/aromatic N) is 3. The Hall–Kier alpha value is -2.64. The summed E-state index contributed by atoms with van der Waals surface area (Å²) < 4.78 is 5.70. The Balaban J connectivity index is 1.85. The van der Waals surface area contributed by atoms with E-state index in [1.54, 1.807) is 25.1 Å². The lowest BCUT2D eigenvalue weighted by molar-refractivity contribution is -0.384. The number of non-ortho nitro benzene ring substituents is 1. The van der Waals surface area contributed by atoms with Gasteiger partial charge >= 0.3 is 0 Å². The molecule has 0 aromatic heterocycles. The van der Waals surface area contributed by atoms with Gasteiger partial charge < -0.3 is 9.64 Å². The van der Waals surface area contributed by atoms with Gasteiger partial charge in [-0.15, -0.1) is 0 Å². The number of carbonyl (C=O) groups excluding carboxylic acids is 1. The van der Waals surface area contributed by atoms with Gasteiger partial charge in [0.1, 0.15) is 5.75 Å². The van der Waals surface area contributed by atoms with Crippen LogP contribution in [-0.2, 0) is 4.79 Å². The highest BCUT2D eigenvalue weighted by Crippen LogP contribution is 2.30. The zero-order chi connectivity index (χ0) is 19.6. The first-order valence-corrected chi connectivity index (χ1v) is 8.84. The van der Waals surface area contributed by atoms with Crippen molar-refractivity contribution in [1.29, 1.82) is 0 Å². The maximum absolute atomic E-state index is 13.0. The fourth-order valence-corrected chi connectivity index (χ4v) is 3.16. The molecule has 1 amide bonds. The molecule has 9 heteroatoms. The molecule has 1 aliphatic heterocycles. The van der Waals surface area contributed by atoms with Crippen molar-refractivity contribution >= 4 is 46.7 Å². The number of nitro groups is 1. The van der Waals surface area contributed by atoms with Gasteiger partial charge in [-0.2, -0.15) is 0 Å². The molecule has 1 heterocycles. The Morgan fingerprint density at radius 1 is 1.30 bits per heavy atom. The zero-order valence-electron chi connectivity index (χ0n) is 14.3. The number of hydrogen-bond donors (Lipinski definition) is 0. The summed E-state index contributed by atoms with van der Waals surface area (Å²) in [5.41, 5.74) is 0.989. The lowest BCUT2D eigenvalue weighted by atomic mass is 10.1. The number of hydrogen-bond acceptors (Lipinski definition) is 5. The molecule has 2 aromatic rings. The van der Waals surface area contributed by atoms with Crippen molar-refractivity contribution in [3.05, 3.63) is 62.1 Å². The number of aliphatic imine (C=N–C) groups is 1. The number of fused-ring (bicyclic) bond motifs is 1. The second kappa shape index (κ2) is 7.94. The van der Waals surface area contributed by atoms with Crippen LogP contribution in [0, 0.1) is 10.1 Å². The molecule has 0 aliphatic carbocycles. The average molecular weight is 408 g/mol. The van der Waals surface area contributed by atoms with E-state index in [2.05, 4.69) is 4.99 Å². The summed E-state index contributed by atoms with van der Waals surface area (Å²) in [5.74, 6) is 0.0403. The van der Waals surface area contributed by atoms with Gasteiger partial charge in [-0.1, -0.05) is 23.2 Å². The number of ether oxygens (including phenoxy) is 1. The summed E-state index contributed by atoms with van der Waals surface area (Å²) in [5, 5.41) is 11.8. The number of carbonyl (C=O) groups is 1. The highest BCUT2D eigenvalue weighted by atomic mass is 35.5. The second-order valence-corrected chi connectivity index (χ2v) is 6.70. The Morgan fingerprint density at radius 3 is 2.78 bits per heavy atom. The molecule has 1 aliphatic rings. The summed E-state index contributed by atoms with van der Waals surface area (Å²) in [6.07, 6.45) is 0.710. The van der Waals surface area contributed by atoms with Crippen molar-refractivity contribution in [3.63, 3.8) is 0 Å². The van der Waals surface area contributed by atoms with Crippen LogP contribution in [0.5, 0.6) is 5.75 Å². The van der Waals surface area contributed by atoms with E-state index in [-0.39, 0.29) is 11.6 Å². The van der Waals surface area contributed by atoms with Crippen molar-refractivity contribution in [2.45, 2.75) is 13.0 Å². The number of halogens is 2. The number of rotatable bonds is 4. The van der Waals surface area contributed by atoms with Gasteiger partial charge in [-0.3, -0.25) is 19.9 Å². The minimum Gasteiger partial charge on any atom is -0.479 e. The second-order valence-electron chi connectivity index (χ2n) is 5.86. The van der Waals surface area contributed by atoms with Crippen molar-refractivity contribution < 1.29 is 14.5 Å². The van der Waals surface area contributed by atoms with E-state index < -0.39 is 11.0 Å². The van der Waals surface area contributed by atoms with Crippen LogP contribution < -0.4 is 9.64 Å². The lowest BCUT2D eigenvalue weighted by Gasteiger charge is -2.26. The molecule has 27 heavy (non-hydrogen) atoms. The zero-order valence-corrected chi connectivity index (χ0v) is 15.8. The van der Waals surface area contributed by atoms with Gasteiger partial charge in [-0.25, -0.2) is 0 Å². The standard InChI is InChI=1S/C18H15Cl2N3O4/c1-11(27-17-5-2-13(19)9-15(17)20)18(24)22-7-6-21-10-12-8-14(23(25)26)3-4-16(12)22/h2-5,8-11H,6-7H2,1H3/t11-/m0/s1. The van der Waals surface area contributed by atoms with Gasteiger partial charge in [0.05, 0.1) is 22.2 Å². The van der Waals surface area contributed by atoms with Gasteiger partial charge in [0.15, 0.2) is 6.10 Å². The lowest BCUT2D eigenvalue weighted by Crippen LogP contribution is -2.42. The molecule has 0 N–H and O–H groups in total. The third kappa shape index (κ3) is 4.20. The summed E-state index contributed by atoms with van der Waals surface area (Å²) >= 11 is 12.0. The molecule has 0 unspecified atom stereocenters.